The third kappa shape index (κ3) is 10.5. The fraction of sp³-hybridized carbons (Fsp3) is 0.625. The average Bonchev–Trinajstić information content (AvgIpc) is 3.25. The van der Waals surface area contributed by atoms with E-state index >= 15 is 0 Å². The minimum atomic E-state index is -0.421. The first-order valence-corrected chi connectivity index (χ1v) is 14.4. The summed E-state index contributed by atoms with van der Waals surface area (Å²) in [6.45, 7) is 4.55. The zero-order valence-electron chi connectivity index (χ0n) is 22.1. The van der Waals surface area contributed by atoms with Crippen LogP contribution in [-0.2, 0) is 17.8 Å². The first-order valence-electron chi connectivity index (χ1n) is 14.4. The summed E-state index contributed by atoms with van der Waals surface area (Å²) < 4.78 is 6.14. The lowest BCUT2D eigenvalue weighted by atomic mass is 10.00. The molecule has 3 atom stereocenters. The third-order valence-corrected chi connectivity index (χ3v) is 7.52. The Kier molecular flexibility index (Phi) is 13.5. The molecule has 0 unspecified atom stereocenters. The van der Waals surface area contributed by atoms with Crippen LogP contribution in [0.2, 0.25) is 0 Å². The summed E-state index contributed by atoms with van der Waals surface area (Å²) in [6.07, 6.45) is 16.8. The van der Waals surface area contributed by atoms with Crippen LogP contribution in [-0.4, -0.2) is 34.9 Å². The summed E-state index contributed by atoms with van der Waals surface area (Å²) in [6, 6.07) is 21.2. The summed E-state index contributed by atoms with van der Waals surface area (Å²) in [5.74, 6) is 0. The van der Waals surface area contributed by atoms with Crippen molar-refractivity contribution in [2.45, 2.75) is 122 Å². The van der Waals surface area contributed by atoms with Crippen LogP contribution < -0.4 is 0 Å². The Balaban J connectivity index is 1.36. The Morgan fingerprint density at radius 3 is 1.63 bits per heavy atom. The van der Waals surface area contributed by atoms with Gasteiger partial charge in [-0.05, 0) is 17.5 Å². The predicted molar refractivity (Wildman–Crippen MR) is 147 cm³/mol. The SMILES string of the molecule is CCCCCCCCCCCCCC[C@@H]1OC[C@@H](N(Cc2ccccc2)Cc2ccccc2)[C@H]1O. The molecule has 0 aromatic heterocycles. The van der Waals surface area contributed by atoms with Gasteiger partial charge in [0.2, 0.25) is 0 Å². The van der Waals surface area contributed by atoms with E-state index < -0.39 is 6.10 Å². The van der Waals surface area contributed by atoms with E-state index in [0.717, 1.165) is 25.9 Å². The second-order valence-corrected chi connectivity index (χ2v) is 10.5. The average molecular weight is 480 g/mol. The van der Waals surface area contributed by atoms with Gasteiger partial charge < -0.3 is 9.84 Å². The summed E-state index contributed by atoms with van der Waals surface area (Å²) in [5.41, 5.74) is 2.56. The summed E-state index contributed by atoms with van der Waals surface area (Å²) >= 11 is 0. The maximum atomic E-state index is 11.2. The van der Waals surface area contributed by atoms with Crippen molar-refractivity contribution in [3.63, 3.8) is 0 Å². The van der Waals surface area contributed by atoms with E-state index in [1.54, 1.807) is 0 Å². The second-order valence-electron chi connectivity index (χ2n) is 10.5. The Labute approximate surface area is 214 Å². The highest BCUT2D eigenvalue weighted by Crippen LogP contribution is 2.27. The van der Waals surface area contributed by atoms with E-state index in [4.69, 9.17) is 4.74 Å². The van der Waals surface area contributed by atoms with E-state index in [1.807, 2.05) is 0 Å². The number of hydrogen-bond acceptors (Lipinski definition) is 3. The molecule has 0 radical (unpaired) electrons. The molecule has 3 rings (SSSR count). The number of unbranched alkanes of at least 4 members (excludes halogenated alkanes) is 11. The van der Waals surface area contributed by atoms with Gasteiger partial charge >= 0.3 is 0 Å². The van der Waals surface area contributed by atoms with Crippen molar-refractivity contribution in [1.82, 2.24) is 4.90 Å². The zero-order chi connectivity index (χ0) is 24.6. The van der Waals surface area contributed by atoms with Crippen LogP contribution in [0.5, 0.6) is 0 Å². The first-order chi connectivity index (χ1) is 17.3. The molecule has 2 aromatic carbocycles. The summed E-state index contributed by atoms with van der Waals surface area (Å²) in [7, 11) is 0. The Morgan fingerprint density at radius 2 is 1.14 bits per heavy atom. The number of nitrogens with zero attached hydrogens (tertiary/aromatic N) is 1. The maximum Gasteiger partial charge on any atom is 0.0979 e. The Hall–Kier alpha value is -1.68. The molecule has 3 heteroatoms. The van der Waals surface area contributed by atoms with Gasteiger partial charge in [-0.2, -0.15) is 0 Å². The van der Waals surface area contributed by atoms with E-state index in [2.05, 4.69) is 72.5 Å². The van der Waals surface area contributed by atoms with E-state index in [0.29, 0.717) is 6.61 Å². The van der Waals surface area contributed by atoms with Crippen LogP contribution in [0.15, 0.2) is 60.7 Å². The van der Waals surface area contributed by atoms with Crippen LogP contribution in [0.25, 0.3) is 0 Å². The monoisotopic (exact) mass is 479 g/mol. The molecule has 0 spiro atoms. The molecule has 1 heterocycles. The van der Waals surface area contributed by atoms with E-state index in [9.17, 15) is 5.11 Å². The van der Waals surface area contributed by atoms with Gasteiger partial charge in [0.15, 0.2) is 0 Å². The Bertz CT molecular complexity index is 724. The van der Waals surface area contributed by atoms with Crippen LogP contribution in [0.4, 0.5) is 0 Å². The van der Waals surface area contributed by atoms with Crippen molar-refractivity contribution < 1.29 is 9.84 Å². The van der Waals surface area contributed by atoms with Crippen molar-refractivity contribution in [1.29, 1.82) is 0 Å². The van der Waals surface area contributed by atoms with Crippen molar-refractivity contribution in [2.75, 3.05) is 6.61 Å². The lowest BCUT2D eigenvalue weighted by Gasteiger charge is -2.31. The van der Waals surface area contributed by atoms with Gasteiger partial charge in [-0.3, -0.25) is 4.90 Å². The number of benzene rings is 2. The zero-order valence-corrected chi connectivity index (χ0v) is 22.1. The normalized spacial score (nSPS) is 20.0. The molecule has 0 amide bonds. The maximum absolute atomic E-state index is 11.2. The molecule has 0 saturated carbocycles. The molecule has 0 bridgehead atoms. The van der Waals surface area contributed by atoms with Crippen LogP contribution in [0.1, 0.15) is 102 Å². The highest BCUT2D eigenvalue weighted by Gasteiger charge is 2.38. The number of rotatable bonds is 18. The molecule has 0 aliphatic carbocycles. The largest absolute Gasteiger partial charge is 0.389 e. The molecule has 1 fully saturated rings. The third-order valence-electron chi connectivity index (χ3n) is 7.52. The standard InChI is InChI=1S/C32H49NO2/c1-2-3-4-5-6-7-8-9-10-11-12-19-24-31-32(34)30(27-35-31)33(25-28-20-15-13-16-21-28)26-29-22-17-14-18-23-29/h13-18,20-23,30-32,34H,2-12,19,24-27H2,1H3/t30-,31+,32-/m1/s1. The molecule has 1 saturated heterocycles. The van der Waals surface area contributed by atoms with Gasteiger partial charge in [-0.1, -0.05) is 145 Å². The van der Waals surface area contributed by atoms with Crippen LogP contribution in [0.3, 0.4) is 0 Å². The molecule has 2 aromatic rings. The molecule has 3 nitrogen and oxygen atoms in total. The predicted octanol–water partition coefficient (Wildman–Crippen LogP) is 7.91. The molecule has 1 N–H and O–H groups in total. The highest BCUT2D eigenvalue weighted by atomic mass is 16.5. The molecular weight excluding hydrogens is 430 g/mol. The quantitative estimate of drug-likeness (QED) is 0.220. The van der Waals surface area contributed by atoms with Gasteiger partial charge in [0.1, 0.15) is 0 Å². The van der Waals surface area contributed by atoms with Gasteiger partial charge in [-0.25, -0.2) is 0 Å². The topological polar surface area (TPSA) is 32.7 Å². The molecule has 35 heavy (non-hydrogen) atoms. The van der Waals surface area contributed by atoms with Crippen LogP contribution >= 0.6 is 0 Å². The smallest absolute Gasteiger partial charge is 0.0979 e. The van der Waals surface area contributed by atoms with Crippen molar-refractivity contribution >= 4 is 0 Å². The lowest BCUT2D eigenvalue weighted by Crippen LogP contribution is -2.44. The van der Waals surface area contributed by atoms with Crippen molar-refractivity contribution in [3.05, 3.63) is 71.8 Å². The molecule has 1 aliphatic rings. The fourth-order valence-electron chi connectivity index (χ4n) is 5.36. The van der Waals surface area contributed by atoms with Gasteiger partial charge in [0.05, 0.1) is 24.9 Å². The number of aliphatic hydroxyl groups is 1. The fourth-order valence-corrected chi connectivity index (χ4v) is 5.36. The first kappa shape index (κ1) is 27.9. The molecular formula is C32H49NO2. The van der Waals surface area contributed by atoms with Crippen LogP contribution in [0, 0.1) is 0 Å². The second kappa shape index (κ2) is 16.9. The Morgan fingerprint density at radius 1 is 0.686 bits per heavy atom. The minimum Gasteiger partial charge on any atom is -0.389 e. The van der Waals surface area contributed by atoms with E-state index in [1.165, 1.54) is 81.8 Å². The van der Waals surface area contributed by atoms with Crippen molar-refractivity contribution in [2.24, 2.45) is 0 Å². The molecule has 194 valence electrons. The highest BCUT2D eigenvalue weighted by molar-refractivity contribution is 5.18. The van der Waals surface area contributed by atoms with Gasteiger partial charge in [0.25, 0.3) is 0 Å². The van der Waals surface area contributed by atoms with Gasteiger partial charge in [-0.15, -0.1) is 0 Å². The lowest BCUT2D eigenvalue weighted by molar-refractivity contribution is 0.0241. The molecule has 1 aliphatic heterocycles. The minimum absolute atomic E-state index is 0.0304. The number of ether oxygens (including phenoxy) is 1. The summed E-state index contributed by atoms with van der Waals surface area (Å²) in [5, 5.41) is 11.2. The van der Waals surface area contributed by atoms with Gasteiger partial charge in [0, 0.05) is 13.1 Å². The number of hydrogen-bond donors (Lipinski definition) is 1. The van der Waals surface area contributed by atoms with E-state index in [-0.39, 0.29) is 12.1 Å². The van der Waals surface area contributed by atoms with Crippen molar-refractivity contribution in [3.8, 4) is 0 Å². The number of aliphatic hydroxyl groups excluding tert-OH is 1. The summed E-state index contributed by atoms with van der Waals surface area (Å²) in [4.78, 5) is 2.40.